The minimum Gasteiger partial charge on any atom is -0.352 e. The first-order valence-electron chi connectivity index (χ1n) is 9.78. The van der Waals surface area contributed by atoms with Crippen LogP contribution in [0.5, 0.6) is 0 Å². The van der Waals surface area contributed by atoms with Crippen LogP contribution in [0.15, 0.2) is 58.4 Å². The fourth-order valence-electron chi connectivity index (χ4n) is 3.38. The van der Waals surface area contributed by atoms with E-state index in [0.717, 1.165) is 24.8 Å². The zero-order chi connectivity index (χ0) is 20.7. The molecule has 0 unspecified atom stereocenters. The first-order valence-corrected chi connectivity index (χ1v) is 11.2. The zero-order valence-corrected chi connectivity index (χ0v) is 17.4. The Hall–Kier alpha value is -2.45. The van der Waals surface area contributed by atoms with Gasteiger partial charge in [0.2, 0.25) is 10.0 Å². The van der Waals surface area contributed by atoms with Crippen molar-refractivity contribution in [3.05, 3.63) is 65.5 Å². The molecule has 0 aromatic heterocycles. The Morgan fingerprint density at radius 1 is 1.03 bits per heavy atom. The second-order valence-corrected chi connectivity index (χ2v) is 8.89. The number of nitrogens with one attached hydrogen (secondary N) is 2. The summed E-state index contributed by atoms with van der Waals surface area (Å²) in [6.07, 6.45) is 2.87. The average molecular weight is 419 g/mol. The number of nitrogens with zero attached hydrogens (tertiary/aromatic N) is 2. The Morgan fingerprint density at radius 2 is 1.76 bits per heavy atom. The molecule has 0 radical (unpaired) electrons. The van der Waals surface area contributed by atoms with Crippen molar-refractivity contribution in [1.82, 2.24) is 14.9 Å². The predicted molar refractivity (Wildman–Crippen MR) is 112 cm³/mol. The molecule has 1 aliphatic rings. The Balaban J connectivity index is 1.67. The van der Waals surface area contributed by atoms with Gasteiger partial charge >= 0.3 is 0 Å². The van der Waals surface area contributed by atoms with Crippen molar-refractivity contribution in [2.24, 2.45) is 4.99 Å². The van der Waals surface area contributed by atoms with Crippen molar-refractivity contribution >= 4 is 16.0 Å². The Labute approximate surface area is 171 Å². The van der Waals surface area contributed by atoms with Crippen LogP contribution in [0.25, 0.3) is 0 Å². The minimum atomic E-state index is -3.52. The molecule has 29 heavy (non-hydrogen) atoms. The molecule has 1 aliphatic heterocycles. The molecule has 0 spiro atoms. The largest absolute Gasteiger partial charge is 0.352 e. The summed E-state index contributed by atoms with van der Waals surface area (Å²) < 4.78 is 41.1. The number of piperidine rings is 1. The molecule has 2 aromatic carbocycles. The molecule has 8 heteroatoms. The second kappa shape index (κ2) is 9.84. The SMILES string of the molecule is CN=C(NCc1cccc(F)c1)NCc1ccccc1S(=O)(=O)N1CCCCC1. The van der Waals surface area contributed by atoms with Gasteiger partial charge in [-0.2, -0.15) is 4.31 Å². The third-order valence-electron chi connectivity index (χ3n) is 4.92. The summed E-state index contributed by atoms with van der Waals surface area (Å²) in [6.45, 7) is 1.86. The monoisotopic (exact) mass is 418 g/mol. The maximum atomic E-state index is 13.3. The van der Waals surface area contributed by atoms with Crippen molar-refractivity contribution < 1.29 is 12.8 Å². The molecule has 3 rings (SSSR count). The summed E-state index contributed by atoms with van der Waals surface area (Å²) in [5.74, 6) is 0.225. The van der Waals surface area contributed by atoms with Crippen LogP contribution in [0, 0.1) is 5.82 Å². The first-order chi connectivity index (χ1) is 14.0. The smallest absolute Gasteiger partial charge is 0.243 e. The van der Waals surface area contributed by atoms with Gasteiger partial charge in [0.25, 0.3) is 0 Å². The van der Waals surface area contributed by atoms with E-state index in [-0.39, 0.29) is 5.82 Å². The van der Waals surface area contributed by atoms with E-state index >= 15 is 0 Å². The highest BCUT2D eigenvalue weighted by Crippen LogP contribution is 2.23. The molecule has 0 atom stereocenters. The van der Waals surface area contributed by atoms with Gasteiger partial charge < -0.3 is 10.6 Å². The molecule has 1 heterocycles. The van der Waals surface area contributed by atoms with E-state index in [9.17, 15) is 12.8 Å². The summed E-state index contributed by atoms with van der Waals surface area (Å²) >= 11 is 0. The van der Waals surface area contributed by atoms with Crippen LogP contribution >= 0.6 is 0 Å². The van der Waals surface area contributed by atoms with E-state index in [1.165, 1.54) is 12.1 Å². The van der Waals surface area contributed by atoms with E-state index in [0.29, 0.717) is 42.6 Å². The predicted octanol–water partition coefficient (Wildman–Crippen LogP) is 2.87. The van der Waals surface area contributed by atoms with Crippen LogP contribution < -0.4 is 10.6 Å². The lowest BCUT2D eigenvalue weighted by atomic mass is 10.2. The van der Waals surface area contributed by atoms with Crippen LogP contribution in [-0.4, -0.2) is 38.8 Å². The fraction of sp³-hybridized carbons (Fsp3) is 0.381. The fourth-order valence-corrected chi connectivity index (χ4v) is 5.12. The normalized spacial score (nSPS) is 15.9. The Morgan fingerprint density at radius 3 is 2.48 bits per heavy atom. The number of rotatable bonds is 6. The van der Waals surface area contributed by atoms with Gasteiger partial charge in [-0.05, 0) is 42.2 Å². The van der Waals surface area contributed by atoms with Crippen molar-refractivity contribution in [2.75, 3.05) is 20.1 Å². The molecule has 156 valence electrons. The molecule has 6 nitrogen and oxygen atoms in total. The third kappa shape index (κ3) is 5.55. The molecule has 1 saturated heterocycles. The lowest BCUT2D eigenvalue weighted by Gasteiger charge is -2.27. The van der Waals surface area contributed by atoms with Gasteiger partial charge in [0.05, 0.1) is 4.90 Å². The molecule has 2 aromatic rings. The molecular formula is C21H27FN4O2S. The van der Waals surface area contributed by atoms with Gasteiger partial charge in [-0.3, -0.25) is 4.99 Å². The third-order valence-corrected chi connectivity index (χ3v) is 6.92. The van der Waals surface area contributed by atoms with E-state index in [1.54, 1.807) is 29.6 Å². The highest BCUT2D eigenvalue weighted by atomic mass is 32.2. The highest BCUT2D eigenvalue weighted by molar-refractivity contribution is 7.89. The topological polar surface area (TPSA) is 73.8 Å². The lowest BCUT2D eigenvalue weighted by Crippen LogP contribution is -2.38. The van der Waals surface area contributed by atoms with Crippen LogP contribution in [-0.2, 0) is 23.1 Å². The molecule has 0 amide bonds. The summed E-state index contributed by atoms with van der Waals surface area (Å²) in [4.78, 5) is 4.49. The standard InChI is InChI=1S/C21H27FN4O2S/c1-23-21(24-15-17-8-7-10-19(22)14-17)25-16-18-9-3-4-11-20(18)29(27,28)26-12-5-2-6-13-26/h3-4,7-11,14H,2,5-6,12-13,15-16H2,1H3,(H2,23,24,25). The zero-order valence-electron chi connectivity index (χ0n) is 16.6. The number of hydrogen-bond acceptors (Lipinski definition) is 3. The molecule has 1 fully saturated rings. The maximum Gasteiger partial charge on any atom is 0.243 e. The number of halogens is 1. The Bertz CT molecular complexity index is 957. The number of sulfonamides is 1. The van der Waals surface area contributed by atoms with Gasteiger partial charge in [0, 0.05) is 33.2 Å². The molecule has 0 aliphatic carbocycles. The summed E-state index contributed by atoms with van der Waals surface area (Å²) in [7, 11) is -1.88. The van der Waals surface area contributed by atoms with Crippen molar-refractivity contribution in [1.29, 1.82) is 0 Å². The van der Waals surface area contributed by atoms with Crippen LogP contribution in [0.3, 0.4) is 0 Å². The highest BCUT2D eigenvalue weighted by Gasteiger charge is 2.27. The summed E-state index contributed by atoms with van der Waals surface area (Å²) in [5.41, 5.74) is 1.48. The van der Waals surface area contributed by atoms with Crippen LogP contribution in [0.2, 0.25) is 0 Å². The molecular weight excluding hydrogens is 391 g/mol. The molecule has 0 bridgehead atoms. The Kier molecular flexibility index (Phi) is 7.22. The summed E-state index contributed by atoms with van der Waals surface area (Å²) in [5, 5.41) is 6.27. The molecule has 0 saturated carbocycles. The van der Waals surface area contributed by atoms with E-state index in [2.05, 4.69) is 15.6 Å². The number of aliphatic imine (C=N–C) groups is 1. The van der Waals surface area contributed by atoms with Gasteiger partial charge in [-0.25, -0.2) is 12.8 Å². The van der Waals surface area contributed by atoms with Gasteiger partial charge in [-0.1, -0.05) is 36.8 Å². The minimum absolute atomic E-state index is 0.288. The van der Waals surface area contributed by atoms with Gasteiger partial charge in [0.1, 0.15) is 5.82 Å². The second-order valence-electron chi connectivity index (χ2n) is 6.98. The van der Waals surface area contributed by atoms with Crippen LogP contribution in [0.4, 0.5) is 4.39 Å². The van der Waals surface area contributed by atoms with E-state index in [1.807, 2.05) is 18.2 Å². The quantitative estimate of drug-likeness (QED) is 0.559. The van der Waals surface area contributed by atoms with Gasteiger partial charge in [0.15, 0.2) is 5.96 Å². The van der Waals surface area contributed by atoms with Crippen molar-refractivity contribution in [3.8, 4) is 0 Å². The maximum absolute atomic E-state index is 13.3. The van der Waals surface area contributed by atoms with Crippen molar-refractivity contribution in [2.45, 2.75) is 37.2 Å². The number of benzene rings is 2. The average Bonchev–Trinajstić information content (AvgIpc) is 2.75. The number of guanidine groups is 1. The lowest BCUT2D eigenvalue weighted by molar-refractivity contribution is 0.346. The number of hydrogen-bond donors (Lipinski definition) is 2. The van der Waals surface area contributed by atoms with Crippen LogP contribution in [0.1, 0.15) is 30.4 Å². The van der Waals surface area contributed by atoms with E-state index < -0.39 is 10.0 Å². The summed E-state index contributed by atoms with van der Waals surface area (Å²) in [6, 6.07) is 13.4. The molecule has 2 N–H and O–H groups in total. The van der Waals surface area contributed by atoms with E-state index in [4.69, 9.17) is 0 Å². The first kappa shape index (κ1) is 21.3. The van der Waals surface area contributed by atoms with Crippen molar-refractivity contribution in [3.63, 3.8) is 0 Å². The van der Waals surface area contributed by atoms with Gasteiger partial charge in [-0.15, -0.1) is 0 Å².